The Labute approximate surface area is 130 Å². The van der Waals surface area contributed by atoms with Gasteiger partial charge in [0.15, 0.2) is 5.96 Å². The normalized spacial score (nSPS) is 25.4. The van der Waals surface area contributed by atoms with Gasteiger partial charge in [0, 0.05) is 25.7 Å². The second kappa shape index (κ2) is 8.62. The Hall–Kier alpha value is -0.770. The fourth-order valence-corrected chi connectivity index (χ4v) is 3.89. The minimum absolute atomic E-state index is 0.626. The van der Waals surface area contributed by atoms with Crippen LogP contribution >= 0.6 is 0 Å². The van der Waals surface area contributed by atoms with E-state index in [4.69, 9.17) is 5.73 Å². The molecule has 2 rings (SSSR count). The lowest BCUT2D eigenvalue weighted by Gasteiger charge is -2.30. The van der Waals surface area contributed by atoms with E-state index in [9.17, 15) is 0 Å². The largest absolute Gasteiger partial charge is 0.370 e. The Kier molecular flexibility index (Phi) is 6.81. The number of likely N-dealkylation sites (tertiary alicyclic amines) is 1. The highest BCUT2D eigenvalue weighted by molar-refractivity contribution is 5.78. The Morgan fingerprint density at radius 2 is 1.81 bits per heavy atom. The average Bonchev–Trinajstić information content (AvgIpc) is 2.94. The van der Waals surface area contributed by atoms with Gasteiger partial charge >= 0.3 is 0 Å². The third-order valence-electron chi connectivity index (χ3n) is 5.27. The molecule has 0 amide bonds. The highest BCUT2D eigenvalue weighted by atomic mass is 15.3. The van der Waals surface area contributed by atoms with Crippen molar-refractivity contribution in [1.82, 2.24) is 9.80 Å². The predicted octanol–water partition coefficient (Wildman–Crippen LogP) is 2.69. The quantitative estimate of drug-likeness (QED) is 0.605. The van der Waals surface area contributed by atoms with Gasteiger partial charge in [-0.3, -0.25) is 9.89 Å². The summed E-state index contributed by atoms with van der Waals surface area (Å²) < 4.78 is 0. The molecule has 0 spiro atoms. The van der Waals surface area contributed by atoms with Gasteiger partial charge in [-0.1, -0.05) is 19.3 Å². The van der Waals surface area contributed by atoms with Crippen molar-refractivity contribution < 1.29 is 0 Å². The minimum Gasteiger partial charge on any atom is -0.370 e. The molecule has 1 aliphatic heterocycles. The monoisotopic (exact) mass is 294 g/mol. The summed E-state index contributed by atoms with van der Waals surface area (Å²) >= 11 is 0. The molecule has 1 unspecified atom stereocenters. The number of aliphatic imine (C=N–C) groups is 1. The van der Waals surface area contributed by atoms with Crippen molar-refractivity contribution in [2.45, 2.75) is 64.8 Å². The smallest absolute Gasteiger partial charge is 0.191 e. The highest BCUT2D eigenvalue weighted by Gasteiger charge is 2.27. The summed E-state index contributed by atoms with van der Waals surface area (Å²) in [7, 11) is 0. The molecule has 0 aromatic rings. The van der Waals surface area contributed by atoms with Crippen molar-refractivity contribution >= 4 is 5.96 Å². The zero-order valence-corrected chi connectivity index (χ0v) is 14.1. The molecule has 122 valence electrons. The number of rotatable bonds is 6. The van der Waals surface area contributed by atoms with Crippen molar-refractivity contribution in [3.05, 3.63) is 0 Å². The van der Waals surface area contributed by atoms with Crippen molar-refractivity contribution in [2.24, 2.45) is 16.6 Å². The van der Waals surface area contributed by atoms with E-state index in [0.29, 0.717) is 6.04 Å². The molecule has 21 heavy (non-hydrogen) atoms. The molecule has 1 saturated heterocycles. The molecule has 2 fully saturated rings. The molecule has 1 heterocycles. The van der Waals surface area contributed by atoms with Crippen molar-refractivity contribution in [3.8, 4) is 0 Å². The Morgan fingerprint density at radius 3 is 2.48 bits per heavy atom. The zero-order chi connectivity index (χ0) is 15.1. The lowest BCUT2D eigenvalue weighted by Crippen LogP contribution is -2.40. The number of hydrogen-bond acceptors (Lipinski definition) is 2. The van der Waals surface area contributed by atoms with Crippen LogP contribution in [-0.2, 0) is 0 Å². The molecule has 1 atom stereocenters. The van der Waals surface area contributed by atoms with Crippen LogP contribution in [0.4, 0.5) is 0 Å². The van der Waals surface area contributed by atoms with E-state index in [1.54, 1.807) is 0 Å². The fourth-order valence-electron chi connectivity index (χ4n) is 3.89. The maximum atomic E-state index is 6.10. The molecule has 1 aliphatic carbocycles. The maximum Gasteiger partial charge on any atom is 0.191 e. The summed E-state index contributed by atoms with van der Waals surface area (Å²) in [4.78, 5) is 9.50. The van der Waals surface area contributed by atoms with E-state index in [2.05, 4.69) is 28.6 Å². The molecule has 0 bridgehead atoms. The summed E-state index contributed by atoms with van der Waals surface area (Å²) in [6, 6.07) is 0.626. The molecular weight excluding hydrogens is 260 g/mol. The molecule has 1 saturated carbocycles. The van der Waals surface area contributed by atoms with Gasteiger partial charge in [-0.15, -0.1) is 0 Å². The molecule has 0 aromatic heterocycles. The summed E-state index contributed by atoms with van der Waals surface area (Å²) in [5.74, 6) is 1.66. The van der Waals surface area contributed by atoms with Crippen LogP contribution in [0.2, 0.25) is 0 Å². The first kappa shape index (κ1) is 16.6. The van der Waals surface area contributed by atoms with E-state index in [0.717, 1.165) is 31.5 Å². The van der Waals surface area contributed by atoms with Gasteiger partial charge in [0.05, 0.1) is 6.54 Å². The second-order valence-corrected chi connectivity index (χ2v) is 6.67. The molecular formula is C17H34N4. The molecule has 0 aromatic carbocycles. The summed E-state index contributed by atoms with van der Waals surface area (Å²) in [5.41, 5.74) is 6.10. The first-order chi connectivity index (χ1) is 10.2. The first-order valence-electron chi connectivity index (χ1n) is 9.03. The topological polar surface area (TPSA) is 44.9 Å². The van der Waals surface area contributed by atoms with Gasteiger partial charge in [-0.05, 0) is 52.0 Å². The van der Waals surface area contributed by atoms with Gasteiger partial charge in [-0.25, -0.2) is 0 Å². The average molecular weight is 294 g/mol. The molecule has 4 nitrogen and oxygen atoms in total. The third kappa shape index (κ3) is 4.87. The Bertz CT molecular complexity index is 319. The lowest BCUT2D eigenvalue weighted by atomic mass is 9.89. The van der Waals surface area contributed by atoms with Crippen LogP contribution in [0, 0.1) is 5.92 Å². The minimum atomic E-state index is 0.626. The van der Waals surface area contributed by atoms with E-state index in [1.807, 2.05) is 0 Å². The van der Waals surface area contributed by atoms with Crippen LogP contribution in [0.5, 0.6) is 0 Å². The number of nitrogens with two attached hydrogens (primary N) is 1. The zero-order valence-electron chi connectivity index (χ0n) is 14.1. The van der Waals surface area contributed by atoms with Gasteiger partial charge in [-0.2, -0.15) is 0 Å². The Balaban J connectivity index is 1.82. The van der Waals surface area contributed by atoms with Crippen LogP contribution in [-0.4, -0.2) is 54.5 Å². The van der Waals surface area contributed by atoms with Gasteiger partial charge in [0.1, 0.15) is 0 Å². The van der Waals surface area contributed by atoms with Crippen LogP contribution in [0.3, 0.4) is 0 Å². The molecule has 2 N–H and O–H groups in total. The van der Waals surface area contributed by atoms with Crippen molar-refractivity contribution in [2.75, 3.05) is 32.7 Å². The van der Waals surface area contributed by atoms with Gasteiger partial charge in [0.2, 0.25) is 0 Å². The third-order valence-corrected chi connectivity index (χ3v) is 5.27. The van der Waals surface area contributed by atoms with Crippen LogP contribution in [0.15, 0.2) is 4.99 Å². The molecule has 0 radical (unpaired) electrons. The summed E-state index contributed by atoms with van der Waals surface area (Å²) in [6.45, 7) is 9.61. The summed E-state index contributed by atoms with van der Waals surface area (Å²) in [5, 5.41) is 0. The molecule has 4 heteroatoms. The maximum absolute atomic E-state index is 6.10. The van der Waals surface area contributed by atoms with Gasteiger partial charge in [0.25, 0.3) is 0 Å². The van der Waals surface area contributed by atoms with E-state index < -0.39 is 0 Å². The van der Waals surface area contributed by atoms with Crippen molar-refractivity contribution in [1.29, 1.82) is 0 Å². The summed E-state index contributed by atoms with van der Waals surface area (Å²) in [6.07, 6.45) is 9.83. The standard InChI is InChI=1S/C17H34N4/c1-3-20(4-2)17(18)19-13-16-11-8-12-21(16)14-15-9-6-5-7-10-15/h15-16H,3-14H2,1-2H3,(H2,18,19). The van der Waals surface area contributed by atoms with E-state index >= 15 is 0 Å². The number of hydrogen-bond donors (Lipinski definition) is 1. The van der Waals surface area contributed by atoms with E-state index in [-0.39, 0.29) is 0 Å². The SMILES string of the molecule is CCN(CC)C(N)=NCC1CCCN1CC1CCCCC1. The first-order valence-corrected chi connectivity index (χ1v) is 9.03. The van der Waals surface area contributed by atoms with Crippen LogP contribution in [0.1, 0.15) is 58.8 Å². The fraction of sp³-hybridized carbons (Fsp3) is 0.941. The van der Waals surface area contributed by atoms with Crippen LogP contribution < -0.4 is 5.73 Å². The lowest BCUT2D eigenvalue weighted by molar-refractivity contribution is 0.190. The molecule has 2 aliphatic rings. The van der Waals surface area contributed by atoms with E-state index in [1.165, 1.54) is 58.0 Å². The Morgan fingerprint density at radius 1 is 1.10 bits per heavy atom. The number of nitrogens with zero attached hydrogens (tertiary/aromatic N) is 3. The van der Waals surface area contributed by atoms with Crippen molar-refractivity contribution in [3.63, 3.8) is 0 Å². The highest BCUT2D eigenvalue weighted by Crippen LogP contribution is 2.27. The number of guanidine groups is 1. The van der Waals surface area contributed by atoms with Crippen LogP contribution in [0.25, 0.3) is 0 Å². The predicted molar refractivity (Wildman–Crippen MR) is 90.6 cm³/mol. The van der Waals surface area contributed by atoms with Gasteiger partial charge < -0.3 is 10.6 Å². The second-order valence-electron chi connectivity index (χ2n) is 6.67.